The Morgan fingerprint density at radius 3 is 2.32 bits per heavy atom. The third kappa shape index (κ3) is 5.03. The number of anilines is 1. The van der Waals surface area contributed by atoms with Crippen LogP contribution in [0.3, 0.4) is 0 Å². The second-order valence-electron chi connectivity index (χ2n) is 7.67. The van der Waals surface area contributed by atoms with Crippen LogP contribution in [0, 0.1) is 0 Å². The number of hydrogen-bond acceptors (Lipinski definition) is 6. The number of Topliss-reactive ketones (excluding diaryl/α,β-unsaturated/α-hetero) is 1. The molecular weight excluding hydrogens is 398 g/mol. The summed E-state index contributed by atoms with van der Waals surface area (Å²) in [5, 5.41) is 2.82. The van der Waals surface area contributed by atoms with E-state index in [4.69, 9.17) is 9.47 Å². The van der Waals surface area contributed by atoms with Crippen molar-refractivity contribution in [3.8, 4) is 11.5 Å². The number of piperazine rings is 1. The SMILES string of the molecule is CC(=O)c1cc2c(cc1NC(=O)CN1CCN(C(=O)Cc3ccccc3)CC1)OCO2. The van der Waals surface area contributed by atoms with Gasteiger partial charge in [-0.1, -0.05) is 30.3 Å². The molecule has 2 aromatic carbocycles. The van der Waals surface area contributed by atoms with Gasteiger partial charge in [0, 0.05) is 37.8 Å². The van der Waals surface area contributed by atoms with Gasteiger partial charge in [-0.15, -0.1) is 0 Å². The summed E-state index contributed by atoms with van der Waals surface area (Å²) in [6, 6.07) is 12.9. The van der Waals surface area contributed by atoms with Gasteiger partial charge in [-0.05, 0) is 18.6 Å². The van der Waals surface area contributed by atoms with Crippen LogP contribution >= 0.6 is 0 Å². The topological polar surface area (TPSA) is 88.2 Å². The normalized spacial score (nSPS) is 15.6. The number of carbonyl (C=O) groups excluding carboxylic acids is 3. The zero-order valence-corrected chi connectivity index (χ0v) is 17.4. The van der Waals surface area contributed by atoms with E-state index in [1.54, 1.807) is 12.1 Å². The fraction of sp³-hybridized carbons (Fsp3) is 0.348. The molecule has 1 N–H and O–H groups in total. The standard InChI is InChI=1S/C23H25N3O5/c1-16(27)18-12-20-21(31-15-30-20)13-19(18)24-22(28)14-25-7-9-26(10-8-25)23(29)11-17-5-3-2-4-6-17/h2-6,12-13H,7-11,14-15H2,1H3,(H,24,28). The summed E-state index contributed by atoms with van der Waals surface area (Å²) in [5.74, 6) is 0.719. The van der Waals surface area contributed by atoms with Crippen molar-refractivity contribution in [1.82, 2.24) is 9.80 Å². The van der Waals surface area contributed by atoms with Crippen molar-refractivity contribution in [1.29, 1.82) is 0 Å². The first kappa shape index (κ1) is 20.9. The minimum atomic E-state index is -0.217. The lowest BCUT2D eigenvalue weighted by atomic mass is 10.1. The minimum Gasteiger partial charge on any atom is -0.454 e. The number of ketones is 1. The van der Waals surface area contributed by atoms with Crippen molar-refractivity contribution in [2.45, 2.75) is 13.3 Å². The van der Waals surface area contributed by atoms with Crippen LogP contribution in [0.4, 0.5) is 5.69 Å². The molecule has 0 unspecified atom stereocenters. The van der Waals surface area contributed by atoms with Crippen molar-refractivity contribution in [3.05, 3.63) is 53.6 Å². The predicted molar refractivity (Wildman–Crippen MR) is 114 cm³/mol. The number of hydrogen-bond donors (Lipinski definition) is 1. The van der Waals surface area contributed by atoms with E-state index >= 15 is 0 Å². The van der Waals surface area contributed by atoms with E-state index in [-0.39, 0.29) is 30.9 Å². The number of amides is 2. The maximum Gasteiger partial charge on any atom is 0.238 e. The molecule has 31 heavy (non-hydrogen) atoms. The molecule has 0 radical (unpaired) electrons. The second kappa shape index (κ2) is 9.18. The van der Waals surface area contributed by atoms with Gasteiger partial charge in [0.05, 0.1) is 18.7 Å². The van der Waals surface area contributed by atoms with Crippen molar-refractivity contribution in [2.24, 2.45) is 0 Å². The number of carbonyl (C=O) groups is 3. The zero-order chi connectivity index (χ0) is 21.8. The first-order valence-corrected chi connectivity index (χ1v) is 10.3. The van der Waals surface area contributed by atoms with E-state index in [0.717, 1.165) is 5.56 Å². The average Bonchev–Trinajstić information content (AvgIpc) is 3.21. The Morgan fingerprint density at radius 2 is 1.65 bits per heavy atom. The molecule has 2 amide bonds. The van der Waals surface area contributed by atoms with Crippen LogP contribution in [-0.2, 0) is 16.0 Å². The van der Waals surface area contributed by atoms with Gasteiger partial charge in [0.2, 0.25) is 18.6 Å². The molecule has 8 nitrogen and oxygen atoms in total. The molecule has 0 aromatic heterocycles. The second-order valence-corrected chi connectivity index (χ2v) is 7.67. The summed E-state index contributed by atoms with van der Waals surface area (Å²) in [6.45, 7) is 4.13. The highest BCUT2D eigenvalue weighted by Crippen LogP contribution is 2.37. The number of nitrogens with one attached hydrogen (secondary N) is 1. The molecule has 0 atom stereocenters. The van der Waals surface area contributed by atoms with Crippen LogP contribution in [0.1, 0.15) is 22.8 Å². The molecule has 4 rings (SSSR count). The maximum absolute atomic E-state index is 12.6. The highest BCUT2D eigenvalue weighted by molar-refractivity contribution is 6.05. The Hall–Kier alpha value is -3.39. The van der Waals surface area contributed by atoms with Gasteiger partial charge in [0.25, 0.3) is 0 Å². The van der Waals surface area contributed by atoms with Gasteiger partial charge in [-0.2, -0.15) is 0 Å². The van der Waals surface area contributed by atoms with Gasteiger partial charge in [-0.3, -0.25) is 19.3 Å². The number of fused-ring (bicyclic) bond motifs is 1. The first-order chi connectivity index (χ1) is 15.0. The summed E-state index contributed by atoms with van der Waals surface area (Å²) in [4.78, 5) is 40.9. The summed E-state index contributed by atoms with van der Waals surface area (Å²) >= 11 is 0. The van der Waals surface area contributed by atoms with Crippen molar-refractivity contribution in [2.75, 3.05) is 44.8 Å². The van der Waals surface area contributed by atoms with Crippen LogP contribution in [0.15, 0.2) is 42.5 Å². The van der Waals surface area contributed by atoms with Crippen molar-refractivity contribution in [3.63, 3.8) is 0 Å². The van der Waals surface area contributed by atoms with E-state index < -0.39 is 0 Å². The van der Waals surface area contributed by atoms with Crippen molar-refractivity contribution < 1.29 is 23.9 Å². The molecule has 1 fully saturated rings. The smallest absolute Gasteiger partial charge is 0.238 e. The zero-order valence-electron chi connectivity index (χ0n) is 17.4. The van der Waals surface area contributed by atoms with Crippen LogP contribution in [0.5, 0.6) is 11.5 Å². The highest BCUT2D eigenvalue weighted by atomic mass is 16.7. The monoisotopic (exact) mass is 423 g/mol. The lowest BCUT2D eigenvalue weighted by Gasteiger charge is -2.34. The van der Waals surface area contributed by atoms with Gasteiger partial charge in [0.1, 0.15) is 0 Å². The predicted octanol–water partition coefficient (Wildman–Crippen LogP) is 1.94. The third-order valence-corrected chi connectivity index (χ3v) is 5.46. The molecule has 0 spiro atoms. The van der Waals surface area contributed by atoms with Crippen LogP contribution in [0.25, 0.3) is 0 Å². The van der Waals surface area contributed by atoms with Gasteiger partial charge >= 0.3 is 0 Å². The Balaban J connectivity index is 1.30. The molecular formula is C23H25N3O5. The molecule has 0 saturated carbocycles. The van der Waals surface area contributed by atoms with Crippen LogP contribution in [-0.4, -0.2) is 66.9 Å². The number of nitrogens with zero attached hydrogens (tertiary/aromatic N) is 2. The lowest BCUT2D eigenvalue weighted by Crippen LogP contribution is -2.50. The van der Waals surface area contributed by atoms with Crippen LogP contribution in [0.2, 0.25) is 0 Å². The average molecular weight is 423 g/mol. The van der Waals surface area contributed by atoms with E-state index in [2.05, 4.69) is 5.32 Å². The van der Waals surface area contributed by atoms with Crippen LogP contribution < -0.4 is 14.8 Å². The Kier molecular flexibility index (Phi) is 6.18. The van der Waals surface area contributed by atoms with Gasteiger partial charge in [0.15, 0.2) is 17.3 Å². The fourth-order valence-corrected chi connectivity index (χ4v) is 3.77. The third-order valence-electron chi connectivity index (χ3n) is 5.46. The van der Waals surface area contributed by atoms with E-state index in [9.17, 15) is 14.4 Å². The maximum atomic E-state index is 12.6. The molecule has 2 heterocycles. The molecule has 162 valence electrons. The first-order valence-electron chi connectivity index (χ1n) is 10.3. The van der Waals surface area contributed by atoms with E-state index in [0.29, 0.717) is 55.3 Å². The lowest BCUT2D eigenvalue weighted by molar-refractivity contribution is -0.132. The molecule has 0 bridgehead atoms. The Labute approximate surface area is 180 Å². The molecule has 2 aliphatic heterocycles. The Morgan fingerprint density at radius 1 is 0.968 bits per heavy atom. The molecule has 2 aliphatic rings. The quantitative estimate of drug-likeness (QED) is 0.715. The van der Waals surface area contributed by atoms with E-state index in [1.165, 1.54) is 6.92 Å². The van der Waals surface area contributed by atoms with Crippen molar-refractivity contribution >= 4 is 23.3 Å². The van der Waals surface area contributed by atoms with E-state index in [1.807, 2.05) is 40.1 Å². The molecule has 8 heteroatoms. The Bertz CT molecular complexity index is 984. The molecule has 2 aromatic rings. The number of rotatable bonds is 6. The minimum absolute atomic E-state index is 0.0946. The van der Waals surface area contributed by atoms with Gasteiger partial charge < -0.3 is 19.7 Å². The fourth-order valence-electron chi connectivity index (χ4n) is 3.77. The largest absolute Gasteiger partial charge is 0.454 e. The summed E-state index contributed by atoms with van der Waals surface area (Å²) in [5.41, 5.74) is 1.80. The molecule has 1 saturated heterocycles. The number of benzene rings is 2. The number of ether oxygens (including phenoxy) is 2. The molecule has 0 aliphatic carbocycles. The summed E-state index contributed by atoms with van der Waals surface area (Å²) in [6.07, 6.45) is 0.388. The van der Waals surface area contributed by atoms with Gasteiger partial charge in [-0.25, -0.2) is 0 Å². The highest BCUT2D eigenvalue weighted by Gasteiger charge is 2.24. The summed E-state index contributed by atoms with van der Waals surface area (Å²) < 4.78 is 10.7. The summed E-state index contributed by atoms with van der Waals surface area (Å²) in [7, 11) is 0.